The van der Waals surface area contributed by atoms with E-state index in [4.69, 9.17) is 16.6 Å². The normalized spacial score (nSPS) is 15.6. The number of halogens is 1. The average molecular weight is 447 g/mol. The monoisotopic (exact) mass is 446 g/mol. The fraction of sp³-hybridized carbons (Fsp3) is 0.522. The number of carbonyl (C=O) groups is 1. The van der Waals surface area contributed by atoms with Gasteiger partial charge < -0.3 is 10.2 Å². The lowest BCUT2D eigenvalue weighted by molar-refractivity contribution is 0.0939. The Labute approximate surface area is 189 Å². The minimum absolute atomic E-state index is 0.0356. The summed E-state index contributed by atoms with van der Waals surface area (Å²) < 4.78 is 0. The maximum absolute atomic E-state index is 12.4. The van der Waals surface area contributed by atoms with Crippen LogP contribution in [0, 0.1) is 0 Å². The van der Waals surface area contributed by atoms with Crippen LogP contribution in [0.15, 0.2) is 35.5 Å². The summed E-state index contributed by atoms with van der Waals surface area (Å²) in [5, 5.41) is 4.14. The first kappa shape index (κ1) is 22.9. The van der Waals surface area contributed by atoms with Crippen molar-refractivity contribution in [1.82, 2.24) is 15.3 Å². The predicted octanol–water partition coefficient (Wildman–Crippen LogP) is 5.72. The number of nitrogens with one attached hydrogen (secondary N) is 1. The van der Waals surface area contributed by atoms with Gasteiger partial charge in [-0.05, 0) is 43.9 Å². The van der Waals surface area contributed by atoms with Crippen LogP contribution in [0.5, 0.6) is 0 Å². The van der Waals surface area contributed by atoms with Gasteiger partial charge in [0, 0.05) is 36.5 Å². The molecule has 0 spiro atoms. The van der Waals surface area contributed by atoms with E-state index in [9.17, 15) is 4.79 Å². The molecule has 0 radical (unpaired) electrons. The van der Waals surface area contributed by atoms with Crippen molar-refractivity contribution >= 4 is 35.1 Å². The van der Waals surface area contributed by atoms with E-state index < -0.39 is 0 Å². The molecule has 7 heteroatoms. The van der Waals surface area contributed by atoms with E-state index in [-0.39, 0.29) is 11.9 Å². The van der Waals surface area contributed by atoms with Crippen LogP contribution in [0.4, 0.5) is 5.82 Å². The van der Waals surface area contributed by atoms with Crippen molar-refractivity contribution < 1.29 is 4.79 Å². The summed E-state index contributed by atoms with van der Waals surface area (Å²) in [6, 6.07) is 10.2. The van der Waals surface area contributed by atoms with Crippen LogP contribution in [-0.4, -0.2) is 35.0 Å². The average Bonchev–Trinajstić information content (AvgIpc) is 2.77. The van der Waals surface area contributed by atoms with Crippen LogP contribution in [0.2, 0.25) is 5.15 Å². The van der Waals surface area contributed by atoms with Crippen molar-refractivity contribution in [2.24, 2.45) is 0 Å². The fourth-order valence-electron chi connectivity index (χ4n) is 3.65. The Kier molecular flexibility index (Phi) is 8.40. The summed E-state index contributed by atoms with van der Waals surface area (Å²) in [5.74, 6) is 1.52. The first-order chi connectivity index (χ1) is 14.5. The maximum Gasteiger partial charge on any atom is 0.251 e. The van der Waals surface area contributed by atoms with Crippen LogP contribution in [0.1, 0.15) is 68.3 Å². The number of thioether (sulfide) groups is 1. The first-order valence-corrected chi connectivity index (χ1v) is 12.1. The SMILES string of the molecule is CCC(C)NC(=O)c1cccc(CSc2nc(Cl)cc(N(C)C3CCCCC3)n2)c1. The molecule has 1 fully saturated rings. The molecule has 0 aliphatic heterocycles. The molecule has 30 heavy (non-hydrogen) atoms. The molecule has 2 aromatic rings. The molecule has 1 aromatic carbocycles. The fourth-order valence-corrected chi connectivity index (χ4v) is 4.67. The largest absolute Gasteiger partial charge is 0.357 e. The third kappa shape index (κ3) is 6.35. The minimum Gasteiger partial charge on any atom is -0.357 e. The number of rotatable bonds is 8. The van der Waals surface area contributed by atoms with Crippen molar-refractivity contribution in [2.75, 3.05) is 11.9 Å². The number of hydrogen-bond acceptors (Lipinski definition) is 5. The molecular weight excluding hydrogens is 416 g/mol. The summed E-state index contributed by atoms with van der Waals surface area (Å²) in [6.45, 7) is 4.07. The van der Waals surface area contributed by atoms with Gasteiger partial charge in [-0.2, -0.15) is 0 Å². The molecule has 1 saturated carbocycles. The molecule has 1 atom stereocenters. The van der Waals surface area contributed by atoms with Gasteiger partial charge in [-0.1, -0.05) is 61.7 Å². The van der Waals surface area contributed by atoms with Crippen molar-refractivity contribution in [3.8, 4) is 0 Å². The highest BCUT2D eigenvalue weighted by Gasteiger charge is 2.20. The molecule has 3 rings (SSSR count). The molecule has 5 nitrogen and oxygen atoms in total. The van der Waals surface area contributed by atoms with Crippen LogP contribution in [0.25, 0.3) is 0 Å². The van der Waals surface area contributed by atoms with Crippen LogP contribution >= 0.6 is 23.4 Å². The smallest absolute Gasteiger partial charge is 0.251 e. The third-order valence-electron chi connectivity index (χ3n) is 5.69. The second kappa shape index (κ2) is 11.0. The quantitative estimate of drug-likeness (QED) is 0.319. The van der Waals surface area contributed by atoms with Gasteiger partial charge in [0.15, 0.2) is 5.16 Å². The number of anilines is 1. The number of hydrogen-bond donors (Lipinski definition) is 1. The maximum atomic E-state index is 12.4. The second-order valence-corrected chi connectivity index (χ2v) is 9.34. The van der Waals surface area contributed by atoms with E-state index in [0.29, 0.717) is 27.7 Å². The Balaban J connectivity index is 1.66. The molecule has 1 aliphatic rings. The van der Waals surface area contributed by atoms with Gasteiger partial charge in [0.2, 0.25) is 0 Å². The Morgan fingerprint density at radius 2 is 2.03 bits per heavy atom. The lowest BCUT2D eigenvalue weighted by Crippen LogP contribution is -2.34. The molecule has 0 saturated heterocycles. The van der Waals surface area contributed by atoms with Crippen LogP contribution < -0.4 is 10.2 Å². The van der Waals surface area contributed by atoms with E-state index in [1.54, 1.807) is 0 Å². The van der Waals surface area contributed by atoms with Crippen LogP contribution in [-0.2, 0) is 5.75 Å². The molecule has 162 valence electrons. The highest BCUT2D eigenvalue weighted by Crippen LogP contribution is 2.29. The zero-order chi connectivity index (χ0) is 21.5. The summed E-state index contributed by atoms with van der Waals surface area (Å²) in [4.78, 5) is 23.8. The topological polar surface area (TPSA) is 58.1 Å². The minimum atomic E-state index is -0.0356. The van der Waals surface area contributed by atoms with Gasteiger partial charge in [-0.15, -0.1) is 0 Å². The molecular formula is C23H31ClN4OS. The number of carbonyl (C=O) groups excluding carboxylic acids is 1. The van der Waals surface area contributed by atoms with Crippen molar-refractivity contribution in [2.45, 2.75) is 75.4 Å². The Morgan fingerprint density at radius 1 is 1.27 bits per heavy atom. The predicted molar refractivity (Wildman–Crippen MR) is 126 cm³/mol. The molecule has 1 amide bonds. The molecule has 1 heterocycles. The van der Waals surface area contributed by atoms with Crippen molar-refractivity contribution in [1.29, 1.82) is 0 Å². The van der Waals surface area contributed by atoms with Gasteiger partial charge in [-0.25, -0.2) is 9.97 Å². The lowest BCUT2D eigenvalue weighted by Gasteiger charge is -2.32. The lowest BCUT2D eigenvalue weighted by atomic mass is 9.94. The number of amides is 1. The summed E-state index contributed by atoms with van der Waals surface area (Å²) in [6.07, 6.45) is 7.18. The summed E-state index contributed by atoms with van der Waals surface area (Å²) >= 11 is 7.84. The number of nitrogens with zero attached hydrogens (tertiary/aromatic N) is 3. The number of benzene rings is 1. The third-order valence-corrected chi connectivity index (χ3v) is 6.80. The van der Waals surface area contributed by atoms with E-state index in [1.165, 1.54) is 43.9 Å². The van der Waals surface area contributed by atoms with Gasteiger partial charge in [-0.3, -0.25) is 4.79 Å². The van der Waals surface area contributed by atoms with Gasteiger partial charge >= 0.3 is 0 Å². The Bertz CT molecular complexity index is 857. The highest BCUT2D eigenvalue weighted by atomic mass is 35.5. The van der Waals surface area contributed by atoms with Crippen LogP contribution in [0.3, 0.4) is 0 Å². The molecule has 1 N–H and O–H groups in total. The summed E-state index contributed by atoms with van der Waals surface area (Å²) in [5.41, 5.74) is 1.74. The van der Waals surface area contributed by atoms with Crippen molar-refractivity contribution in [3.63, 3.8) is 0 Å². The highest BCUT2D eigenvalue weighted by molar-refractivity contribution is 7.98. The number of aromatic nitrogens is 2. The molecule has 1 unspecified atom stereocenters. The Hall–Kier alpha value is -1.79. The summed E-state index contributed by atoms with van der Waals surface area (Å²) in [7, 11) is 2.10. The van der Waals surface area contributed by atoms with Gasteiger partial charge in [0.1, 0.15) is 11.0 Å². The van der Waals surface area contributed by atoms with E-state index in [2.05, 4.69) is 29.2 Å². The van der Waals surface area contributed by atoms with Gasteiger partial charge in [0.05, 0.1) is 0 Å². The first-order valence-electron chi connectivity index (χ1n) is 10.8. The zero-order valence-corrected chi connectivity index (χ0v) is 19.6. The molecule has 1 aromatic heterocycles. The van der Waals surface area contributed by atoms with E-state index in [1.807, 2.05) is 37.3 Å². The Morgan fingerprint density at radius 3 is 2.77 bits per heavy atom. The van der Waals surface area contributed by atoms with Crippen molar-refractivity contribution in [3.05, 3.63) is 46.6 Å². The van der Waals surface area contributed by atoms with E-state index in [0.717, 1.165) is 17.8 Å². The second-order valence-electron chi connectivity index (χ2n) is 8.01. The van der Waals surface area contributed by atoms with E-state index >= 15 is 0 Å². The van der Waals surface area contributed by atoms with Gasteiger partial charge in [0.25, 0.3) is 5.91 Å². The standard InChI is InChI=1S/C23H31ClN4OS/c1-4-16(2)25-22(29)18-10-8-9-17(13-18)15-30-23-26-20(24)14-21(27-23)28(3)19-11-6-5-7-12-19/h8-10,13-14,16,19H,4-7,11-12,15H2,1-3H3,(H,25,29). The molecule has 1 aliphatic carbocycles. The molecule has 0 bridgehead atoms. The zero-order valence-electron chi connectivity index (χ0n) is 18.0.